The molecule has 2 aromatic rings. The summed E-state index contributed by atoms with van der Waals surface area (Å²) in [6, 6.07) is 8.10. The van der Waals surface area contributed by atoms with Crippen LogP contribution in [0.25, 0.3) is 0 Å². The van der Waals surface area contributed by atoms with Crippen molar-refractivity contribution in [3.8, 4) is 5.75 Å². The average Bonchev–Trinajstić information content (AvgIpc) is 3.31. The Balaban J connectivity index is 1.37. The molecule has 5 N–H and O–H groups in total. The zero-order valence-corrected chi connectivity index (χ0v) is 21.3. The number of nitrogens with zero attached hydrogens (tertiary/aromatic N) is 3. The summed E-state index contributed by atoms with van der Waals surface area (Å²) in [6.07, 6.45) is 4.18. The number of amides is 1. The number of rotatable bonds is 8. The lowest BCUT2D eigenvalue weighted by atomic mass is 9.75. The summed E-state index contributed by atoms with van der Waals surface area (Å²) in [7, 11) is 1.40. The third kappa shape index (κ3) is 6.37. The Morgan fingerprint density at radius 1 is 1.28 bits per heavy atom. The zero-order valence-electron chi connectivity index (χ0n) is 21.3. The minimum Gasteiger partial charge on any atom is -0.494 e. The molecule has 0 atom stereocenters. The van der Waals surface area contributed by atoms with Crippen LogP contribution in [-0.4, -0.2) is 46.2 Å². The van der Waals surface area contributed by atoms with Gasteiger partial charge in [0.05, 0.1) is 24.8 Å². The molecule has 2 aliphatic rings. The molecule has 0 spiro atoms. The third-order valence-corrected chi connectivity index (χ3v) is 7.01. The van der Waals surface area contributed by atoms with Crippen molar-refractivity contribution in [2.24, 2.45) is 16.9 Å². The Hall–Kier alpha value is -3.08. The van der Waals surface area contributed by atoms with E-state index in [1.54, 1.807) is 18.2 Å². The number of methoxy groups -OCH3 is 1. The van der Waals surface area contributed by atoms with E-state index in [1.807, 2.05) is 37.4 Å². The molecular weight excluding hydrogens is 463 g/mol. The van der Waals surface area contributed by atoms with E-state index in [4.69, 9.17) is 9.84 Å². The standard InChI is InChI=1S/C26H35FN6O3/c1-16-11-19(13-22(29-16)25(34)28-14-18-7-10-21(27)23(12-18)36-4)24-30-32-33(31-24)15-17-5-8-20(9-6-17)26(2,3)35/h7,10-13,17,20,32,35H,5-6,8-9,14-15H2,1-4H3,(H,28,34)(H,30,31)/p+1. The smallest absolute Gasteiger partial charge is 0.271 e. The number of amidine groups is 1. The largest absolute Gasteiger partial charge is 0.494 e. The summed E-state index contributed by atoms with van der Waals surface area (Å²) in [4.78, 5) is 17.2. The number of nitrogens with one attached hydrogen (secondary N) is 2. The van der Waals surface area contributed by atoms with Crippen molar-refractivity contribution in [2.45, 2.75) is 58.6 Å². The van der Waals surface area contributed by atoms with E-state index < -0.39 is 11.4 Å². The van der Waals surface area contributed by atoms with E-state index in [0.717, 1.165) is 49.2 Å². The number of nitrogens with two attached hydrogens (primary N) is 1. The Kier molecular flexibility index (Phi) is 7.87. The number of hydrogen-bond donors (Lipinski definition) is 4. The van der Waals surface area contributed by atoms with E-state index in [9.17, 15) is 14.3 Å². The number of hydrogen-bond acceptors (Lipinski definition) is 7. The predicted molar refractivity (Wildman–Crippen MR) is 133 cm³/mol. The van der Waals surface area contributed by atoms with Crippen molar-refractivity contribution < 1.29 is 24.5 Å². The van der Waals surface area contributed by atoms with Crippen LogP contribution in [0.2, 0.25) is 0 Å². The van der Waals surface area contributed by atoms with Gasteiger partial charge in [-0.05, 0) is 88.1 Å². The predicted octanol–water partition coefficient (Wildman–Crippen LogP) is 2.01. The van der Waals surface area contributed by atoms with Crippen LogP contribution in [0.3, 0.4) is 0 Å². The molecule has 1 aromatic carbocycles. The number of carbonyl (C=O) groups is 1. The highest BCUT2D eigenvalue weighted by Gasteiger charge is 2.33. The van der Waals surface area contributed by atoms with Crippen LogP contribution in [0.1, 0.15) is 66.8 Å². The van der Waals surface area contributed by atoms with E-state index in [0.29, 0.717) is 23.2 Å². The van der Waals surface area contributed by atoms with Crippen LogP contribution in [0.5, 0.6) is 5.75 Å². The number of pyridine rings is 1. The number of carbonyl (C=O) groups excluding carboxylic acids is 1. The molecule has 0 radical (unpaired) electrons. The van der Waals surface area contributed by atoms with Crippen molar-refractivity contribution in [2.75, 3.05) is 13.7 Å². The van der Waals surface area contributed by atoms with Crippen molar-refractivity contribution in [3.05, 3.63) is 58.7 Å². The van der Waals surface area contributed by atoms with Gasteiger partial charge in [0.2, 0.25) is 0 Å². The molecule has 1 fully saturated rings. The Labute approximate surface area is 211 Å². The second-order valence-electron chi connectivity index (χ2n) is 10.2. The first kappa shape index (κ1) is 26.0. The number of aryl methyl sites for hydroxylation is 1. The minimum atomic E-state index is -0.620. The number of aromatic nitrogens is 1. The van der Waals surface area contributed by atoms with E-state index in [-0.39, 0.29) is 18.2 Å². The topological polar surface area (TPSA) is 116 Å². The van der Waals surface area contributed by atoms with Gasteiger partial charge >= 0.3 is 0 Å². The third-order valence-electron chi connectivity index (χ3n) is 7.01. The van der Waals surface area contributed by atoms with E-state index >= 15 is 0 Å². The normalized spacial score (nSPS) is 20.3. The molecular formula is C26H36FN6O3+. The highest BCUT2D eigenvalue weighted by Crippen LogP contribution is 2.35. The van der Waals surface area contributed by atoms with Crippen molar-refractivity contribution in [1.29, 1.82) is 0 Å². The lowest BCUT2D eigenvalue weighted by Gasteiger charge is -2.36. The lowest BCUT2D eigenvalue weighted by molar-refractivity contribution is -0.619. The summed E-state index contributed by atoms with van der Waals surface area (Å²) >= 11 is 0. The second kappa shape index (κ2) is 10.9. The first-order valence-corrected chi connectivity index (χ1v) is 12.4. The summed E-state index contributed by atoms with van der Waals surface area (Å²) in [5, 5.41) is 19.7. The van der Waals surface area contributed by atoms with Gasteiger partial charge in [0, 0.05) is 12.2 Å². The van der Waals surface area contributed by atoms with Gasteiger partial charge in [-0.1, -0.05) is 16.7 Å². The van der Waals surface area contributed by atoms with E-state index in [2.05, 4.69) is 15.8 Å². The number of hydrazine groups is 1. The fourth-order valence-electron chi connectivity index (χ4n) is 4.87. The van der Waals surface area contributed by atoms with Gasteiger partial charge in [0.1, 0.15) is 5.69 Å². The number of quaternary nitrogens is 1. The summed E-state index contributed by atoms with van der Waals surface area (Å²) in [6.45, 7) is 6.65. The first-order chi connectivity index (χ1) is 17.1. The van der Waals surface area contributed by atoms with Crippen LogP contribution >= 0.6 is 0 Å². The summed E-state index contributed by atoms with van der Waals surface area (Å²) in [5.41, 5.74) is 6.96. The van der Waals surface area contributed by atoms with Gasteiger partial charge in [-0.25, -0.2) is 9.37 Å². The number of ether oxygens (including phenoxy) is 1. The van der Waals surface area contributed by atoms with Gasteiger partial charge in [0.15, 0.2) is 11.6 Å². The van der Waals surface area contributed by atoms with Crippen molar-refractivity contribution >= 4 is 11.7 Å². The highest BCUT2D eigenvalue weighted by molar-refractivity contribution is 5.97. The van der Waals surface area contributed by atoms with Gasteiger partial charge < -0.3 is 15.2 Å². The van der Waals surface area contributed by atoms with Gasteiger partial charge in [-0.15, -0.1) is 0 Å². The molecule has 36 heavy (non-hydrogen) atoms. The Morgan fingerprint density at radius 3 is 2.72 bits per heavy atom. The number of hydrazone groups is 1. The quantitative estimate of drug-likeness (QED) is 0.413. The van der Waals surface area contributed by atoms with Crippen LogP contribution in [0, 0.1) is 24.6 Å². The molecule has 1 aliphatic heterocycles. The summed E-state index contributed by atoms with van der Waals surface area (Å²) in [5.74, 6) is 0.960. The van der Waals surface area contributed by atoms with E-state index in [1.165, 1.54) is 13.2 Å². The molecule has 2 heterocycles. The minimum absolute atomic E-state index is 0.134. The molecule has 9 nitrogen and oxygen atoms in total. The maximum Gasteiger partial charge on any atom is 0.271 e. The fourth-order valence-corrected chi connectivity index (χ4v) is 4.87. The number of aliphatic hydroxyl groups is 1. The first-order valence-electron chi connectivity index (χ1n) is 12.4. The van der Waals surface area contributed by atoms with Crippen LogP contribution in [0.15, 0.2) is 35.4 Å². The molecule has 194 valence electrons. The molecule has 10 heteroatoms. The SMILES string of the molecule is COc1cc(CNC(=O)c2cc(C3=NN(CC4CCC(C(C)(C)O)CC4)N[NH2+]3)cc(C)n2)ccc1F. The number of benzene rings is 1. The second-order valence-corrected chi connectivity index (χ2v) is 10.2. The Morgan fingerprint density at radius 2 is 2.03 bits per heavy atom. The average molecular weight is 500 g/mol. The van der Waals surface area contributed by atoms with Crippen LogP contribution in [0.4, 0.5) is 4.39 Å². The van der Waals surface area contributed by atoms with Crippen molar-refractivity contribution in [1.82, 2.24) is 21.0 Å². The monoisotopic (exact) mass is 499 g/mol. The van der Waals surface area contributed by atoms with Crippen LogP contribution < -0.4 is 21.0 Å². The molecule has 0 saturated heterocycles. The van der Waals surface area contributed by atoms with Crippen molar-refractivity contribution in [3.63, 3.8) is 0 Å². The maximum atomic E-state index is 13.6. The van der Waals surface area contributed by atoms with Gasteiger partial charge in [0.25, 0.3) is 11.7 Å². The van der Waals surface area contributed by atoms with Gasteiger partial charge in [-0.2, -0.15) is 10.5 Å². The highest BCUT2D eigenvalue weighted by atomic mass is 19.1. The Bertz CT molecular complexity index is 1130. The fraction of sp³-hybridized carbons (Fsp3) is 0.500. The molecule has 4 rings (SSSR count). The molecule has 0 unspecified atom stereocenters. The summed E-state index contributed by atoms with van der Waals surface area (Å²) < 4.78 is 18.6. The lowest BCUT2D eigenvalue weighted by Crippen LogP contribution is -2.95. The molecule has 1 aromatic heterocycles. The number of halogens is 1. The zero-order chi connectivity index (χ0) is 25.9. The molecule has 0 bridgehead atoms. The molecule has 1 saturated carbocycles. The maximum absolute atomic E-state index is 13.6. The molecule has 1 amide bonds. The van der Waals surface area contributed by atoms with Crippen LogP contribution in [-0.2, 0) is 6.54 Å². The van der Waals surface area contributed by atoms with Gasteiger partial charge in [-0.3, -0.25) is 4.79 Å². The molecule has 1 aliphatic carbocycles.